The van der Waals surface area contributed by atoms with Gasteiger partial charge in [-0.1, -0.05) is 24.0 Å². The third-order valence-corrected chi connectivity index (χ3v) is 7.52. The number of hydrogen-bond donors (Lipinski definition) is 1. The van der Waals surface area contributed by atoms with Crippen molar-refractivity contribution in [2.45, 2.75) is 63.7 Å². The number of nitrogens with zero attached hydrogens (tertiary/aromatic N) is 1. The summed E-state index contributed by atoms with van der Waals surface area (Å²) >= 11 is 0. The molecule has 2 aliphatic carbocycles. The lowest BCUT2D eigenvalue weighted by Crippen LogP contribution is -2.50. The summed E-state index contributed by atoms with van der Waals surface area (Å²) in [7, 11) is -3.71. The van der Waals surface area contributed by atoms with Crippen LogP contribution < -0.4 is 4.72 Å². The van der Waals surface area contributed by atoms with Gasteiger partial charge in [0.05, 0.1) is 17.9 Å². The highest BCUT2D eigenvalue weighted by molar-refractivity contribution is 7.88. The van der Waals surface area contributed by atoms with Crippen LogP contribution in [0.3, 0.4) is 0 Å². The summed E-state index contributed by atoms with van der Waals surface area (Å²) in [6.45, 7) is 2.00. The standard InChI is InChI=1S/C23H26F4N2O3S/c1-21(8-9-21)7-6-15-4-3-5-16(19(15)24)12-17-20(28-33(2,31)32)22(10-11-22)14-29(17)18(30)13-23(25,26)27/h3-5,17,20,28H,8-14H2,1-2H3. The van der Waals surface area contributed by atoms with Crippen molar-refractivity contribution in [2.75, 3.05) is 12.8 Å². The van der Waals surface area contributed by atoms with Crippen molar-refractivity contribution in [3.63, 3.8) is 0 Å². The van der Waals surface area contributed by atoms with Crippen LogP contribution >= 0.6 is 0 Å². The lowest BCUT2D eigenvalue weighted by Gasteiger charge is -2.29. The average molecular weight is 487 g/mol. The van der Waals surface area contributed by atoms with E-state index in [1.165, 1.54) is 12.1 Å². The van der Waals surface area contributed by atoms with Crippen molar-refractivity contribution >= 4 is 15.9 Å². The lowest BCUT2D eigenvalue weighted by molar-refractivity contribution is -0.162. The number of likely N-dealkylation sites (tertiary alicyclic amines) is 1. The monoisotopic (exact) mass is 486 g/mol. The maximum absolute atomic E-state index is 15.3. The number of sulfonamides is 1. The molecule has 1 saturated heterocycles. The number of rotatable bonds is 5. The molecule has 1 heterocycles. The first kappa shape index (κ1) is 24.0. The molecule has 33 heavy (non-hydrogen) atoms. The largest absolute Gasteiger partial charge is 0.397 e. The molecule has 2 unspecified atom stereocenters. The van der Waals surface area contributed by atoms with Gasteiger partial charge >= 0.3 is 6.18 Å². The van der Waals surface area contributed by atoms with E-state index >= 15 is 4.39 Å². The van der Waals surface area contributed by atoms with Gasteiger partial charge in [-0.05, 0) is 50.7 Å². The van der Waals surface area contributed by atoms with Crippen LogP contribution in [-0.2, 0) is 21.2 Å². The molecule has 0 bridgehead atoms. The predicted octanol–water partition coefficient (Wildman–Crippen LogP) is 3.38. The lowest BCUT2D eigenvalue weighted by atomic mass is 9.92. The highest BCUT2D eigenvalue weighted by Crippen LogP contribution is 2.56. The molecule has 5 nitrogen and oxygen atoms in total. The number of alkyl halides is 3. The zero-order valence-electron chi connectivity index (χ0n) is 18.4. The van der Waals surface area contributed by atoms with Gasteiger partial charge < -0.3 is 4.90 Å². The molecule has 3 fully saturated rings. The molecule has 1 aromatic carbocycles. The van der Waals surface area contributed by atoms with Gasteiger partial charge in [-0.15, -0.1) is 0 Å². The molecule has 10 heteroatoms. The van der Waals surface area contributed by atoms with Crippen LogP contribution in [0.25, 0.3) is 0 Å². The second-order valence-corrected chi connectivity index (χ2v) is 11.7. The Morgan fingerprint density at radius 3 is 2.45 bits per heavy atom. The number of halogens is 4. The van der Waals surface area contributed by atoms with E-state index in [1.807, 2.05) is 6.92 Å². The Labute approximate surface area is 191 Å². The van der Waals surface area contributed by atoms with Crippen molar-refractivity contribution in [1.29, 1.82) is 0 Å². The Bertz CT molecular complexity index is 1130. The average Bonchev–Trinajstić information content (AvgIpc) is 3.58. The molecule has 2 atom stereocenters. The van der Waals surface area contributed by atoms with Crippen LogP contribution in [0.4, 0.5) is 17.6 Å². The van der Waals surface area contributed by atoms with Crippen LogP contribution in [-0.4, -0.2) is 50.3 Å². The van der Waals surface area contributed by atoms with Crippen LogP contribution in [0.1, 0.15) is 50.2 Å². The fourth-order valence-corrected chi connectivity index (χ4v) is 5.44. The van der Waals surface area contributed by atoms with E-state index in [4.69, 9.17) is 0 Å². The van der Waals surface area contributed by atoms with E-state index in [9.17, 15) is 26.4 Å². The van der Waals surface area contributed by atoms with Crippen LogP contribution in [0.15, 0.2) is 18.2 Å². The van der Waals surface area contributed by atoms with E-state index in [0.29, 0.717) is 12.8 Å². The summed E-state index contributed by atoms with van der Waals surface area (Å²) in [5.41, 5.74) is -0.364. The molecule has 2 saturated carbocycles. The summed E-state index contributed by atoms with van der Waals surface area (Å²) in [5, 5.41) is 0. The quantitative estimate of drug-likeness (QED) is 0.513. The van der Waals surface area contributed by atoms with Crippen molar-refractivity contribution in [3.05, 3.63) is 35.1 Å². The van der Waals surface area contributed by atoms with E-state index in [0.717, 1.165) is 24.0 Å². The van der Waals surface area contributed by atoms with Crippen LogP contribution in [0, 0.1) is 28.5 Å². The number of amides is 1. The minimum atomic E-state index is -4.69. The van der Waals surface area contributed by atoms with Gasteiger partial charge in [0.1, 0.15) is 12.2 Å². The van der Waals surface area contributed by atoms with Crippen molar-refractivity contribution in [3.8, 4) is 11.8 Å². The Morgan fingerprint density at radius 2 is 1.91 bits per heavy atom. The van der Waals surface area contributed by atoms with Gasteiger partial charge in [0, 0.05) is 23.4 Å². The van der Waals surface area contributed by atoms with Crippen molar-refractivity contribution < 1.29 is 30.8 Å². The van der Waals surface area contributed by atoms with Crippen molar-refractivity contribution in [1.82, 2.24) is 9.62 Å². The first-order chi connectivity index (χ1) is 15.2. The molecule has 0 radical (unpaired) electrons. The van der Waals surface area contributed by atoms with Gasteiger partial charge in [0.25, 0.3) is 0 Å². The molecule has 1 aromatic rings. The molecule has 1 aliphatic heterocycles. The summed E-state index contributed by atoms with van der Waals surface area (Å²) in [6.07, 6.45) is -2.43. The smallest absolute Gasteiger partial charge is 0.337 e. The fourth-order valence-electron chi connectivity index (χ4n) is 4.57. The summed E-state index contributed by atoms with van der Waals surface area (Å²) in [6, 6.07) is 2.93. The third kappa shape index (κ3) is 5.52. The minimum Gasteiger partial charge on any atom is -0.337 e. The van der Waals surface area contributed by atoms with E-state index in [1.54, 1.807) is 6.07 Å². The molecule has 1 N–H and O–H groups in total. The summed E-state index contributed by atoms with van der Waals surface area (Å²) in [5.74, 6) is 4.19. The van der Waals surface area contributed by atoms with Gasteiger partial charge in [-0.3, -0.25) is 4.79 Å². The number of benzene rings is 1. The second kappa shape index (κ2) is 7.98. The number of carbonyl (C=O) groups excluding carboxylic acids is 1. The molecule has 3 aliphatic rings. The van der Waals surface area contributed by atoms with Gasteiger partial charge in [-0.25, -0.2) is 17.5 Å². The van der Waals surface area contributed by atoms with E-state index in [-0.39, 0.29) is 29.5 Å². The SMILES string of the molecule is CC1(C#Cc2cccc(CC3C(NS(C)(=O)=O)C4(CC4)CN3C(=O)CC(F)(F)F)c2F)CC1. The maximum Gasteiger partial charge on any atom is 0.397 e. The maximum atomic E-state index is 15.3. The number of carbonyl (C=O) groups is 1. The first-order valence-electron chi connectivity index (χ1n) is 10.8. The molecule has 180 valence electrons. The van der Waals surface area contributed by atoms with E-state index < -0.39 is 51.8 Å². The molecule has 1 spiro atoms. The van der Waals surface area contributed by atoms with Crippen molar-refractivity contribution in [2.24, 2.45) is 10.8 Å². The number of hydrogen-bond acceptors (Lipinski definition) is 3. The Morgan fingerprint density at radius 1 is 1.24 bits per heavy atom. The zero-order chi connectivity index (χ0) is 24.2. The third-order valence-electron chi connectivity index (χ3n) is 6.84. The van der Waals surface area contributed by atoms with Gasteiger partial charge in [0.15, 0.2) is 0 Å². The molecule has 0 aromatic heterocycles. The molecule has 1 amide bonds. The summed E-state index contributed by atoms with van der Waals surface area (Å²) < 4.78 is 80.7. The van der Waals surface area contributed by atoms with E-state index in [2.05, 4.69) is 16.6 Å². The highest BCUT2D eigenvalue weighted by Gasteiger charge is 2.61. The number of nitrogens with one attached hydrogen (secondary N) is 1. The highest BCUT2D eigenvalue weighted by atomic mass is 32.2. The summed E-state index contributed by atoms with van der Waals surface area (Å²) in [4.78, 5) is 13.7. The minimum absolute atomic E-state index is 0.0131. The van der Waals surface area contributed by atoms with Crippen LogP contribution in [0.5, 0.6) is 0 Å². The Hall–Kier alpha value is -2.12. The zero-order valence-corrected chi connectivity index (χ0v) is 19.2. The van der Waals surface area contributed by atoms with Crippen LogP contribution in [0.2, 0.25) is 0 Å². The Kier molecular flexibility index (Phi) is 5.81. The predicted molar refractivity (Wildman–Crippen MR) is 114 cm³/mol. The van der Waals surface area contributed by atoms with Gasteiger partial charge in [-0.2, -0.15) is 13.2 Å². The Balaban J connectivity index is 1.66. The molecule has 4 rings (SSSR count). The topological polar surface area (TPSA) is 66.5 Å². The second-order valence-electron chi connectivity index (χ2n) is 9.90. The molecular formula is C23H26F4N2O3S. The first-order valence-corrected chi connectivity index (χ1v) is 12.7. The fraction of sp³-hybridized carbons (Fsp3) is 0.609. The van der Waals surface area contributed by atoms with Gasteiger partial charge in [0.2, 0.25) is 15.9 Å². The normalized spacial score (nSPS) is 25.0. The molecular weight excluding hydrogens is 460 g/mol.